The molecule has 0 spiro atoms. The van der Waals surface area contributed by atoms with Crippen molar-refractivity contribution in [3.63, 3.8) is 0 Å². The first-order valence-electron chi connectivity index (χ1n) is 4.26. The van der Waals surface area contributed by atoms with Gasteiger partial charge in [0.25, 0.3) is 0 Å². The molecular weight excluding hydrogens is 180 g/mol. The number of rotatable bonds is 4. The second-order valence-corrected chi connectivity index (χ2v) is 3.06. The van der Waals surface area contributed by atoms with Gasteiger partial charge in [-0.15, -0.1) is 0 Å². The Hall–Kier alpha value is -1.77. The van der Waals surface area contributed by atoms with Gasteiger partial charge in [-0.2, -0.15) is 0 Å². The summed E-state index contributed by atoms with van der Waals surface area (Å²) >= 11 is 0. The van der Waals surface area contributed by atoms with Crippen LogP contribution < -0.4 is 5.11 Å². The van der Waals surface area contributed by atoms with Crippen molar-refractivity contribution in [2.45, 2.75) is 12.8 Å². The Morgan fingerprint density at radius 1 is 1.36 bits per heavy atom. The molecule has 0 aliphatic rings. The highest BCUT2D eigenvalue weighted by Crippen LogP contribution is 2.12. The smallest absolute Gasteiger partial charge is 0.115 e. The van der Waals surface area contributed by atoms with Crippen molar-refractivity contribution >= 4 is 5.97 Å². The van der Waals surface area contributed by atoms with Gasteiger partial charge in [0.1, 0.15) is 5.75 Å². The number of hydrogen-bond acceptors (Lipinski definition) is 3. The molecule has 0 bridgehead atoms. The zero-order chi connectivity index (χ0) is 10.6. The van der Waals surface area contributed by atoms with Crippen LogP contribution in [-0.2, 0) is 11.2 Å². The van der Waals surface area contributed by atoms with Gasteiger partial charge < -0.3 is 15.0 Å². The van der Waals surface area contributed by atoms with Gasteiger partial charge in [-0.25, -0.2) is 0 Å². The molecule has 0 aliphatic heterocycles. The zero-order valence-corrected chi connectivity index (χ0v) is 7.69. The third-order valence-electron chi connectivity index (χ3n) is 1.94. The first-order chi connectivity index (χ1) is 6.59. The van der Waals surface area contributed by atoms with Crippen LogP contribution in [-0.4, -0.2) is 11.1 Å². The van der Waals surface area contributed by atoms with E-state index >= 15 is 0 Å². The summed E-state index contributed by atoms with van der Waals surface area (Å²) in [6.45, 7) is 3.38. The molecule has 0 atom stereocenters. The fraction of sp³-hybridized carbons (Fsp3) is 0.182. The predicted molar refractivity (Wildman–Crippen MR) is 50.6 cm³/mol. The fourth-order valence-electron chi connectivity index (χ4n) is 1.06. The molecule has 0 unspecified atom stereocenters. The minimum Gasteiger partial charge on any atom is -0.545 e. The van der Waals surface area contributed by atoms with E-state index in [0.717, 1.165) is 5.56 Å². The Labute approximate surface area is 82.3 Å². The van der Waals surface area contributed by atoms with E-state index in [2.05, 4.69) is 6.58 Å². The number of aromatic hydroxyl groups is 1. The number of phenolic OH excluding ortho intramolecular Hbond substituents is 1. The molecule has 1 aromatic rings. The molecule has 14 heavy (non-hydrogen) atoms. The molecule has 0 aliphatic carbocycles. The summed E-state index contributed by atoms with van der Waals surface area (Å²) in [6, 6.07) is 6.63. The highest BCUT2D eigenvalue weighted by atomic mass is 16.4. The maximum Gasteiger partial charge on any atom is 0.115 e. The zero-order valence-electron chi connectivity index (χ0n) is 7.69. The number of carboxylic acid groups (broad SMARTS) is 1. The number of aryl methyl sites for hydroxylation is 1. The topological polar surface area (TPSA) is 60.4 Å². The summed E-state index contributed by atoms with van der Waals surface area (Å²) in [5, 5.41) is 19.3. The number of benzene rings is 1. The van der Waals surface area contributed by atoms with E-state index < -0.39 is 5.97 Å². The summed E-state index contributed by atoms with van der Waals surface area (Å²) in [7, 11) is 0. The van der Waals surface area contributed by atoms with Crippen LogP contribution in [0, 0.1) is 0 Å². The lowest BCUT2D eigenvalue weighted by atomic mass is 10.1. The predicted octanol–water partition coefficient (Wildman–Crippen LogP) is 0.631. The number of carboxylic acids is 1. The summed E-state index contributed by atoms with van der Waals surface area (Å²) in [4.78, 5) is 10.3. The Balaban J connectivity index is 2.50. The molecule has 74 valence electrons. The molecule has 0 radical (unpaired) electrons. The van der Waals surface area contributed by atoms with Gasteiger partial charge in [-0.3, -0.25) is 0 Å². The molecule has 0 heterocycles. The monoisotopic (exact) mass is 191 g/mol. The van der Waals surface area contributed by atoms with Gasteiger partial charge in [0.15, 0.2) is 0 Å². The van der Waals surface area contributed by atoms with Crippen LogP contribution >= 0.6 is 0 Å². The second-order valence-electron chi connectivity index (χ2n) is 3.06. The van der Waals surface area contributed by atoms with Crippen LogP contribution in [0.15, 0.2) is 36.4 Å². The molecule has 0 aromatic heterocycles. The Morgan fingerprint density at radius 3 is 2.43 bits per heavy atom. The Morgan fingerprint density at radius 2 is 1.93 bits per heavy atom. The van der Waals surface area contributed by atoms with E-state index in [1.54, 1.807) is 24.3 Å². The van der Waals surface area contributed by atoms with Gasteiger partial charge in [0.05, 0.1) is 5.97 Å². The van der Waals surface area contributed by atoms with Gasteiger partial charge in [-0.1, -0.05) is 18.7 Å². The Bertz CT molecular complexity index is 338. The fourth-order valence-corrected chi connectivity index (χ4v) is 1.06. The minimum absolute atomic E-state index is 0.0954. The van der Waals surface area contributed by atoms with Crippen LogP contribution in [0.4, 0.5) is 0 Å². The van der Waals surface area contributed by atoms with E-state index in [-0.39, 0.29) is 11.3 Å². The van der Waals surface area contributed by atoms with Gasteiger partial charge in [-0.05, 0) is 36.1 Å². The van der Waals surface area contributed by atoms with Crippen LogP contribution in [0.1, 0.15) is 12.0 Å². The summed E-state index contributed by atoms with van der Waals surface area (Å²) in [5.41, 5.74) is 1.06. The van der Waals surface area contributed by atoms with E-state index in [1.165, 1.54) is 0 Å². The van der Waals surface area contributed by atoms with Crippen LogP contribution in [0.5, 0.6) is 5.75 Å². The van der Waals surface area contributed by atoms with E-state index in [1.807, 2.05) is 0 Å². The average molecular weight is 191 g/mol. The van der Waals surface area contributed by atoms with E-state index in [0.29, 0.717) is 12.8 Å². The quantitative estimate of drug-likeness (QED) is 0.710. The third-order valence-corrected chi connectivity index (χ3v) is 1.94. The summed E-state index contributed by atoms with van der Waals surface area (Å²) in [6.07, 6.45) is 0.959. The van der Waals surface area contributed by atoms with Crippen molar-refractivity contribution in [3.05, 3.63) is 42.0 Å². The maximum absolute atomic E-state index is 10.3. The number of carbonyl (C=O) groups is 1. The summed E-state index contributed by atoms with van der Waals surface area (Å²) < 4.78 is 0. The normalized spacial score (nSPS) is 9.71. The highest BCUT2D eigenvalue weighted by molar-refractivity contribution is 5.83. The number of hydrogen-bond donors (Lipinski definition) is 1. The average Bonchev–Trinajstić information content (AvgIpc) is 2.16. The van der Waals surface area contributed by atoms with Crippen molar-refractivity contribution in [1.29, 1.82) is 0 Å². The lowest BCUT2D eigenvalue weighted by Crippen LogP contribution is -2.24. The van der Waals surface area contributed by atoms with Gasteiger partial charge >= 0.3 is 0 Å². The second kappa shape index (κ2) is 4.46. The van der Waals surface area contributed by atoms with E-state index in [4.69, 9.17) is 5.11 Å². The molecule has 1 N–H and O–H groups in total. The molecule has 1 rings (SSSR count). The molecule has 1 aromatic carbocycles. The number of aliphatic carboxylic acids is 1. The van der Waals surface area contributed by atoms with Crippen LogP contribution in [0.2, 0.25) is 0 Å². The van der Waals surface area contributed by atoms with E-state index in [9.17, 15) is 9.90 Å². The lowest BCUT2D eigenvalue weighted by Gasteiger charge is -2.06. The molecular formula is C11H11O3-. The molecule has 3 heteroatoms. The van der Waals surface area contributed by atoms with Crippen LogP contribution in [0.3, 0.4) is 0 Å². The van der Waals surface area contributed by atoms with Crippen molar-refractivity contribution in [2.24, 2.45) is 0 Å². The molecule has 3 nitrogen and oxygen atoms in total. The largest absolute Gasteiger partial charge is 0.545 e. The van der Waals surface area contributed by atoms with Gasteiger partial charge in [0.2, 0.25) is 0 Å². The van der Waals surface area contributed by atoms with Crippen molar-refractivity contribution in [3.8, 4) is 5.75 Å². The summed E-state index contributed by atoms with van der Waals surface area (Å²) in [5.74, 6) is -1.00. The number of carbonyl (C=O) groups excluding carboxylic acids is 1. The van der Waals surface area contributed by atoms with Crippen molar-refractivity contribution in [2.75, 3.05) is 0 Å². The highest BCUT2D eigenvalue weighted by Gasteiger charge is 1.97. The third kappa shape index (κ3) is 2.94. The molecule has 0 saturated heterocycles. The lowest BCUT2D eigenvalue weighted by molar-refractivity contribution is -0.299. The molecule has 0 amide bonds. The van der Waals surface area contributed by atoms with Crippen molar-refractivity contribution in [1.82, 2.24) is 0 Å². The minimum atomic E-state index is -1.20. The molecule has 0 fully saturated rings. The maximum atomic E-state index is 10.3. The Kier molecular flexibility index (Phi) is 3.29. The van der Waals surface area contributed by atoms with Crippen LogP contribution in [0.25, 0.3) is 0 Å². The first-order valence-corrected chi connectivity index (χ1v) is 4.26. The first kappa shape index (κ1) is 10.3. The number of phenols is 1. The standard InChI is InChI=1S/C11H12O3/c1-8(11(13)14)2-3-9-4-6-10(12)7-5-9/h4-7,12H,1-3H2,(H,13,14)/p-1. The molecule has 0 saturated carbocycles. The SMILES string of the molecule is C=C(CCc1ccc(O)cc1)C(=O)[O-]. The van der Waals surface area contributed by atoms with Gasteiger partial charge in [0, 0.05) is 0 Å². The van der Waals surface area contributed by atoms with Crippen molar-refractivity contribution < 1.29 is 15.0 Å².